The van der Waals surface area contributed by atoms with Crippen molar-refractivity contribution in [2.24, 2.45) is 7.05 Å². The molecule has 0 radical (unpaired) electrons. The Labute approximate surface area is 186 Å². The lowest BCUT2D eigenvalue weighted by molar-refractivity contribution is 0.0470. The molecule has 0 atom stereocenters. The van der Waals surface area contributed by atoms with Crippen molar-refractivity contribution in [2.75, 3.05) is 0 Å². The van der Waals surface area contributed by atoms with Gasteiger partial charge in [0.15, 0.2) is 5.65 Å². The first-order valence-electron chi connectivity index (χ1n) is 9.96. The number of hydrogen-bond acceptors (Lipinski definition) is 7. The Morgan fingerprint density at radius 2 is 1.97 bits per heavy atom. The van der Waals surface area contributed by atoms with E-state index < -0.39 is 5.97 Å². The van der Waals surface area contributed by atoms with Gasteiger partial charge in [-0.15, -0.1) is 11.3 Å². The number of carbonyl (C=O) groups is 1. The van der Waals surface area contributed by atoms with Gasteiger partial charge in [-0.1, -0.05) is 12.1 Å². The van der Waals surface area contributed by atoms with Crippen molar-refractivity contribution >= 4 is 34.0 Å². The lowest BCUT2D eigenvalue weighted by Gasteiger charge is -2.09. The van der Waals surface area contributed by atoms with E-state index in [2.05, 4.69) is 10.1 Å². The summed E-state index contributed by atoms with van der Waals surface area (Å²) in [6, 6.07) is 12.4. The number of ether oxygens (including phenoxy) is 1. The molecule has 5 heterocycles. The fourth-order valence-electron chi connectivity index (χ4n) is 3.81. The lowest BCUT2D eigenvalue weighted by Crippen LogP contribution is -2.18. The van der Waals surface area contributed by atoms with E-state index >= 15 is 0 Å². The van der Waals surface area contributed by atoms with Gasteiger partial charge < -0.3 is 4.74 Å². The van der Waals surface area contributed by atoms with Crippen molar-refractivity contribution in [1.82, 2.24) is 24.1 Å². The Bertz CT molecular complexity index is 1550. The average Bonchev–Trinajstić information content (AvgIpc) is 3.40. The quantitative estimate of drug-likeness (QED) is 0.392. The highest BCUT2D eigenvalue weighted by atomic mass is 32.1. The van der Waals surface area contributed by atoms with Crippen LogP contribution in [0.3, 0.4) is 0 Å². The SMILES string of the molecule is Cc1nn(C)c2nc(-c3cccs3)cc(C(=O)OCc3cc(=O)n4c(C)cccc4n3)c12. The highest BCUT2D eigenvalue weighted by Gasteiger charge is 2.21. The maximum Gasteiger partial charge on any atom is 0.339 e. The van der Waals surface area contributed by atoms with Crippen LogP contribution in [0.4, 0.5) is 0 Å². The molecule has 5 rings (SSSR count). The van der Waals surface area contributed by atoms with Crippen LogP contribution in [0, 0.1) is 13.8 Å². The first-order chi connectivity index (χ1) is 15.4. The molecule has 0 spiro atoms. The third kappa shape index (κ3) is 3.36. The molecule has 0 aliphatic carbocycles. The van der Waals surface area contributed by atoms with E-state index in [0.29, 0.717) is 39.3 Å². The number of aryl methyl sites for hydroxylation is 3. The zero-order chi connectivity index (χ0) is 22.4. The number of aromatic nitrogens is 5. The summed E-state index contributed by atoms with van der Waals surface area (Å²) in [6.07, 6.45) is 0. The number of rotatable bonds is 4. The smallest absolute Gasteiger partial charge is 0.339 e. The van der Waals surface area contributed by atoms with Gasteiger partial charge in [0.1, 0.15) is 12.3 Å². The van der Waals surface area contributed by atoms with Crippen molar-refractivity contribution in [3.8, 4) is 10.6 Å². The van der Waals surface area contributed by atoms with E-state index in [0.717, 1.165) is 10.6 Å². The third-order valence-corrected chi connectivity index (χ3v) is 6.14. The molecular weight excluding hydrogens is 426 g/mol. The lowest BCUT2D eigenvalue weighted by atomic mass is 10.1. The zero-order valence-corrected chi connectivity index (χ0v) is 18.5. The molecule has 0 amide bonds. The summed E-state index contributed by atoms with van der Waals surface area (Å²) in [5.41, 5.74) is 3.84. The van der Waals surface area contributed by atoms with E-state index in [1.807, 2.05) is 43.5 Å². The second-order valence-corrected chi connectivity index (χ2v) is 8.41. The molecule has 0 bridgehead atoms. The number of pyridine rings is 2. The molecule has 0 N–H and O–H groups in total. The van der Waals surface area contributed by atoms with Gasteiger partial charge in [-0.3, -0.25) is 13.9 Å². The molecule has 160 valence electrons. The molecule has 0 aliphatic heterocycles. The maximum atomic E-state index is 13.1. The first kappa shape index (κ1) is 20.1. The molecule has 0 saturated heterocycles. The van der Waals surface area contributed by atoms with Crippen LogP contribution in [0.5, 0.6) is 0 Å². The molecule has 0 aromatic carbocycles. The Balaban J connectivity index is 1.51. The van der Waals surface area contributed by atoms with Crippen molar-refractivity contribution in [1.29, 1.82) is 0 Å². The molecular formula is C23H19N5O3S. The van der Waals surface area contributed by atoms with E-state index in [-0.39, 0.29) is 12.2 Å². The molecule has 0 saturated carbocycles. The van der Waals surface area contributed by atoms with Crippen LogP contribution in [-0.4, -0.2) is 30.1 Å². The summed E-state index contributed by atoms with van der Waals surface area (Å²) in [6.45, 7) is 3.56. The van der Waals surface area contributed by atoms with Gasteiger partial charge in [0.05, 0.1) is 32.9 Å². The standard InChI is InChI=1S/C23H19N5O3S/c1-13-6-4-8-19-24-15(10-20(29)28(13)19)12-31-23(30)16-11-17(18-7-5-9-32-18)25-22-21(16)14(2)26-27(22)3/h4-11H,12H2,1-3H3. The Hall–Kier alpha value is -3.85. The van der Waals surface area contributed by atoms with Crippen LogP contribution >= 0.6 is 11.3 Å². The van der Waals surface area contributed by atoms with Gasteiger partial charge in [-0.2, -0.15) is 5.10 Å². The summed E-state index contributed by atoms with van der Waals surface area (Å²) in [5.74, 6) is -0.516. The summed E-state index contributed by atoms with van der Waals surface area (Å²) in [5, 5.41) is 7.03. The molecule has 0 fully saturated rings. The second kappa shape index (κ2) is 7.69. The molecule has 0 unspecified atom stereocenters. The van der Waals surface area contributed by atoms with Crippen LogP contribution in [0.15, 0.2) is 52.6 Å². The van der Waals surface area contributed by atoms with Gasteiger partial charge in [-0.05, 0) is 43.5 Å². The number of nitrogens with zero attached hydrogens (tertiary/aromatic N) is 5. The predicted octanol–water partition coefficient (Wildman–Crippen LogP) is 3.68. The van der Waals surface area contributed by atoms with Crippen LogP contribution in [0.2, 0.25) is 0 Å². The van der Waals surface area contributed by atoms with E-state index in [1.54, 1.807) is 35.2 Å². The van der Waals surface area contributed by atoms with Crippen molar-refractivity contribution in [3.05, 3.63) is 80.8 Å². The fourth-order valence-corrected chi connectivity index (χ4v) is 4.50. The first-order valence-corrected chi connectivity index (χ1v) is 10.8. The predicted molar refractivity (Wildman–Crippen MR) is 122 cm³/mol. The van der Waals surface area contributed by atoms with Gasteiger partial charge in [0, 0.05) is 18.8 Å². The number of hydrogen-bond donors (Lipinski definition) is 0. The van der Waals surface area contributed by atoms with Gasteiger partial charge >= 0.3 is 5.97 Å². The van der Waals surface area contributed by atoms with Crippen LogP contribution in [-0.2, 0) is 18.4 Å². The Morgan fingerprint density at radius 3 is 2.75 bits per heavy atom. The van der Waals surface area contributed by atoms with E-state index in [4.69, 9.17) is 9.72 Å². The average molecular weight is 446 g/mol. The third-order valence-electron chi connectivity index (χ3n) is 5.25. The number of thiophene rings is 1. The summed E-state index contributed by atoms with van der Waals surface area (Å²) >= 11 is 1.54. The topological polar surface area (TPSA) is 91.4 Å². The molecule has 9 heteroatoms. The molecule has 5 aromatic heterocycles. The molecule has 8 nitrogen and oxygen atoms in total. The largest absolute Gasteiger partial charge is 0.456 e. The van der Waals surface area contributed by atoms with Gasteiger partial charge in [0.2, 0.25) is 0 Å². The highest BCUT2D eigenvalue weighted by Crippen LogP contribution is 2.29. The number of fused-ring (bicyclic) bond motifs is 2. The van der Waals surface area contributed by atoms with Crippen molar-refractivity contribution in [3.63, 3.8) is 0 Å². The molecule has 32 heavy (non-hydrogen) atoms. The maximum absolute atomic E-state index is 13.1. The van der Waals surface area contributed by atoms with Gasteiger partial charge in [0.25, 0.3) is 5.56 Å². The summed E-state index contributed by atoms with van der Waals surface area (Å²) in [7, 11) is 1.80. The number of carbonyl (C=O) groups excluding carboxylic acids is 1. The highest BCUT2D eigenvalue weighted by molar-refractivity contribution is 7.13. The van der Waals surface area contributed by atoms with Crippen LogP contribution < -0.4 is 5.56 Å². The number of esters is 1. The van der Waals surface area contributed by atoms with E-state index in [1.165, 1.54) is 10.5 Å². The zero-order valence-electron chi connectivity index (χ0n) is 17.7. The summed E-state index contributed by atoms with van der Waals surface area (Å²) in [4.78, 5) is 35.7. The monoisotopic (exact) mass is 445 g/mol. The fraction of sp³-hybridized carbons (Fsp3) is 0.174. The minimum Gasteiger partial charge on any atom is -0.456 e. The van der Waals surface area contributed by atoms with Gasteiger partial charge in [-0.25, -0.2) is 14.8 Å². The second-order valence-electron chi connectivity index (χ2n) is 7.46. The molecule has 0 aliphatic rings. The molecule has 5 aromatic rings. The normalized spacial score (nSPS) is 11.3. The van der Waals surface area contributed by atoms with Crippen molar-refractivity contribution < 1.29 is 9.53 Å². The minimum absolute atomic E-state index is 0.115. The summed E-state index contributed by atoms with van der Waals surface area (Å²) < 4.78 is 8.76. The van der Waals surface area contributed by atoms with E-state index in [9.17, 15) is 9.59 Å². The van der Waals surface area contributed by atoms with Crippen LogP contribution in [0.1, 0.15) is 27.4 Å². The van der Waals surface area contributed by atoms with Crippen LogP contribution in [0.25, 0.3) is 27.3 Å². The van der Waals surface area contributed by atoms with Crippen molar-refractivity contribution in [2.45, 2.75) is 20.5 Å². The Morgan fingerprint density at radius 1 is 1.12 bits per heavy atom. The minimum atomic E-state index is -0.516. The Kier molecular flexibility index (Phi) is 4.82.